The Morgan fingerprint density at radius 2 is 2.00 bits per heavy atom. The summed E-state index contributed by atoms with van der Waals surface area (Å²) in [6.45, 7) is 6.24. The van der Waals surface area contributed by atoms with Crippen LogP contribution in [0.5, 0.6) is 0 Å². The highest BCUT2D eigenvalue weighted by molar-refractivity contribution is 5.42. The van der Waals surface area contributed by atoms with Crippen molar-refractivity contribution < 1.29 is 13.2 Å². The Kier molecular flexibility index (Phi) is 5.50. The zero-order chi connectivity index (χ0) is 20.6. The van der Waals surface area contributed by atoms with Crippen LogP contribution in [0.4, 0.5) is 19.0 Å². The standard InChI is InChI=1S/C20H27F3N6/c1-3-16-7-18(20(21,22)23)29-19(26-16)8-17(27-29)15-5-4-6-28(12-15)11-14-9-24-13(2)25-10-14/h8-10,15-16,18,26H,3-7,11-12H2,1-2H3/t15?,16-,18-/m1/s1. The molecule has 9 heteroatoms. The monoisotopic (exact) mass is 408 g/mol. The molecule has 0 saturated carbocycles. The first-order valence-corrected chi connectivity index (χ1v) is 10.3. The summed E-state index contributed by atoms with van der Waals surface area (Å²) in [5.41, 5.74) is 1.80. The minimum atomic E-state index is -4.29. The van der Waals surface area contributed by atoms with E-state index in [1.807, 2.05) is 32.3 Å². The van der Waals surface area contributed by atoms with Gasteiger partial charge in [0.15, 0.2) is 6.04 Å². The van der Waals surface area contributed by atoms with Gasteiger partial charge in [-0.2, -0.15) is 18.3 Å². The van der Waals surface area contributed by atoms with Crippen molar-refractivity contribution >= 4 is 5.82 Å². The van der Waals surface area contributed by atoms with Gasteiger partial charge in [0, 0.05) is 49.1 Å². The van der Waals surface area contributed by atoms with E-state index in [9.17, 15) is 13.2 Å². The van der Waals surface area contributed by atoms with Gasteiger partial charge < -0.3 is 5.32 Å². The Bertz CT molecular complexity index is 832. The number of anilines is 1. The number of aryl methyl sites for hydroxylation is 1. The lowest BCUT2D eigenvalue weighted by molar-refractivity contribution is -0.173. The molecule has 6 nitrogen and oxygen atoms in total. The highest BCUT2D eigenvalue weighted by atomic mass is 19.4. The van der Waals surface area contributed by atoms with Gasteiger partial charge in [0.25, 0.3) is 0 Å². The molecular weight excluding hydrogens is 381 g/mol. The average Bonchev–Trinajstić information content (AvgIpc) is 3.12. The van der Waals surface area contributed by atoms with Crippen molar-refractivity contribution in [2.75, 3.05) is 18.4 Å². The van der Waals surface area contributed by atoms with Gasteiger partial charge in [-0.1, -0.05) is 6.92 Å². The van der Waals surface area contributed by atoms with Crippen LogP contribution >= 0.6 is 0 Å². The fourth-order valence-electron chi connectivity index (χ4n) is 4.34. The van der Waals surface area contributed by atoms with Crippen LogP contribution in [-0.2, 0) is 6.54 Å². The normalized spacial score (nSPS) is 25.5. The molecule has 0 bridgehead atoms. The summed E-state index contributed by atoms with van der Waals surface area (Å²) in [4.78, 5) is 10.8. The van der Waals surface area contributed by atoms with Crippen molar-refractivity contribution in [3.05, 3.63) is 35.5 Å². The smallest absolute Gasteiger partial charge is 0.367 e. The quantitative estimate of drug-likeness (QED) is 0.827. The molecule has 1 N–H and O–H groups in total. The minimum absolute atomic E-state index is 0.0261. The summed E-state index contributed by atoms with van der Waals surface area (Å²) in [5.74, 6) is 1.36. The second-order valence-electron chi connectivity index (χ2n) is 8.15. The molecule has 0 spiro atoms. The van der Waals surface area contributed by atoms with E-state index in [2.05, 4.69) is 25.3 Å². The number of nitrogens with one attached hydrogen (secondary N) is 1. The molecule has 2 aliphatic rings. The van der Waals surface area contributed by atoms with Crippen LogP contribution in [0, 0.1) is 6.92 Å². The summed E-state index contributed by atoms with van der Waals surface area (Å²) < 4.78 is 42.0. The highest BCUT2D eigenvalue weighted by Gasteiger charge is 2.46. The molecule has 4 heterocycles. The lowest BCUT2D eigenvalue weighted by Crippen LogP contribution is -2.39. The van der Waals surface area contributed by atoms with Gasteiger partial charge in [-0.15, -0.1) is 0 Å². The summed E-state index contributed by atoms with van der Waals surface area (Å²) >= 11 is 0. The van der Waals surface area contributed by atoms with Crippen LogP contribution in [0.15, 0.2) is 18.5 Å². The lowest BCUT2D eigenvalue weighted by Gasteiger charge is -2.33. The predicted octanol–water partition coefficient (Wildman–Crippen LogP) is 4.06. The molecule has 0 aliphatic carbocycles. The van der Waals surface area contributed by atoms with Gasteiger partial charge in [0.05, 0.1) is 5.69 Å². The number of hydrogen-bond donors (Lipinski definition) is 1. The van der Waals surface area contributed by atoms with Gasteiger partial charge in [0.2, 0.25) is 0 Å². The van der Waals surface area contributed by atoms with E-state index in [0.29, 0.717) is 12.2 Å². The van der Waals surface area contributed by atoms with Crippen LogP contribution in [-0.4, -0.2) is 50.0 Å². The van der Waals surface area contributed by atoms with E-state index >= 15 is 0 Å². The van der Waals surface area contributed by atoms with Gasteiger partial charge in [0.1, 0.15) is 11.6 Å². The predicted molar refractivity (Wildman–Crippen MR) is 104 cm³/mol. The molecule has 2 aliphatic heterocycles. The second-order valence-corrected chi connectivity index (χ2v) is 8.15. The van der Waals surface area contributed by atoms with Crippen molar-refractivity contribution in [2.45, 2.75) is 70.3 Å². The largest absolute Gasteiger partial charge is 0.410 e. The molecule has 4 rings (SSSR count). The molecule has 29 heavy (non-hydrogen) atoms. The first-order valence-electron chi connectivity index (χ1n) is 10.3. The molecule has 1 fully saturated rings. The van der Waals surface area contributed by atoms with Crippen LogP contribution < -0.4 is 5.32 Å². The van der Waals surface area contributed by atoms with Crippen LogP contribution in [0.3, 0.4) is 0 Å². The maximum atomic E-state index is 13.6. The fraction of sp³-hybridized carbons (Fsp3) is 0.650. The van der Waals surface area contributed by atoms with E-state index < -0.39 is 12.2 Å². The summed E-state index contributed by atoms with van der Waals surface area (Å²) in [6, 6.07) is 0.0916. The molecular formula is C20H27F3N6. The van der Waals surface area contributed by atoms with Crippen molar-refractivity contribution in [1.29, 1.82) is 0 Å². The Balaban J connectivity index is 1.51. The number of halogens is 3. The van der Waals surface area contributed by atoms with Gasteiger partial charge in [-0.3, -0.25) is 4.90 Å². The van der Waals surface area contributed by atoms with Crippen LogP contribution in [0.1, 0.15) is 61.6 Å². The Morgan fingerprint density at radius 1 is 1.24 bits per heavy atom. The molecule has 158 valence electrons. The number of hydrogen-bond acceptors (Lipinski definition) is 5. The second kappa shape index (κ2) is 7.93. The molecule has 3 atom stereocenters. The zero-order valence-corrected chi connectivity index (χ0v) is 16.8. The molecule has 0 amide bonds. The number of rotatable bonds is 4. The summed E-state index contributed by atoms with van der Waals surface area (Å²) in [7, 11) is 0. The fourth-order valence-corrected chi connectivity index (χ4v) is 4.34. The van der Waals surface area contributed by atoms with Crippen molar-refractivity contribution in [2.24, 2.45) is 0 Å². The van der Waals surface area contributed by atoms with Crippen LogP contribution in [0.25, 0.3) is 0 Å². The Labute approximate surface area is 168 Å². The molecule has 0 radical (unpaired) electrons. The molecule has 0 aromatic carbocycles. The topological polar surface area (TPSA) is 58.9 Å². The number of aromatic nitrogens is 4. The number of nitrogens with zero attached hydrogens (tertiary/aromatic N) is 5. The molecule has 2 aromatic heterocycles. The van der Waals surface area contributed by atoms with E-state index in [0.717, 1.165) is 54.2 Å². The third kappa shape index (κ3) is 4.39. The minimum Gasteiger partial charge on any atom is -0.367 e. The Morgan fingerprint density at radius 3 is 2.69 bits per heavy atom. The molecule has 1 saturated heterocycles. The SMILES string of the molecule is CC[C@@H]1C[C@H](C(F)(F)F)n2nc(C3CCCN(Cc4cnc(C)nc4)C3)cc2N1. The molecule has 1 unspecified atom stereocenters. The van der Waals surface area contributed by atoms with E-state index in [-0.39, 0.29) is 18.4 Å². The van der Waals surface area contributed by atoms with Gasteiger partial charge in [-0.25, -0.2) is 14.6 Å². The zero-order valence-electron chi connectivity index (χ0n) is 16.8. The summed E-state index contributed by atoms with van der Waals surface area (Å²) in [5, 5.41) is 7.66. The Hall–Kier alpha value is -2.16. The number of fused-ring (bicyclic) bond motifs is 1. The van der Waals surface area contributed by atoms with Gasteiger partial charge in [-0.05, 0) is 39.2 Å². The van der Waals surface area contributed by atoms with Crippen molar-refractivity contribution in [3.63, 3.8) is 0 Å². The maximum Gasteiger partial charge on any atom is 0.410 e. The van der Waals surface area contributed by atoms with E-state index in [1.54, 1.807) is 0 Å². The third-order valence-electron chi connectivity index (χ3n) is 5.94. The van der Waals surface area contributed by atoms with Crippen LogP contribution in [0.2, 0.25) is 0 Å². The van der Waals surface area contributed by atoms with Gasteiger partial charge >= 0.3 is 6.18 Å². The van der Waals surface area contributed by atoms with E-state index in [1.165, 1.54) is 0 Å². The maximum absolute atomic E-state index is 13.6. The molecule has 2 aromatic rings. The average molecular weight is 408 g/mol. The number of alkyl halides is 3. The lowest BCUT2D eigenvalue weighted by atomic mass is 9.94. The van der Waals surface area contributed by atoms with E-state index in [4.69, 9.17) is 0 Å². The first-order chi connectivity index (χ1) is 13.8. The van der Waals surface area contributed by atoms with Crippen molar-refractivity contribution in [1.82, 2.24) is 24.6 Å². The van der Waals surface area contributed by atoms with Crippen molar-refractivity contribution in [3.8, 4) is 0 Å². The first kappa shape index (κ1) is 20.1. The number of likely N-dealkylation sites (tertiary alicyclic amines) is 1. The highest BCUT2D eigenvalue weighted by Crippen LogP contribution is 2.41. The summed E-state index contributed by atoms with van der Waals surface area (Å²) in [6.07, 6.45) is 1.99. The third-order valence-corrected chi connectivity index (χ3v) is 5.94. The number of piperidine rings is 1.